The third-order valence-electron chi connectivity index (χ3n) is 6.08. The number of rotatable bonds is 5. The summed E-state index contributed by atoms with van der Waals surface area (Å²) in [6.07, 6.45) is 7.20. The third kappa shape index (κ3) is 3.36. The van der Waals surface area contributed by atoms with Crippen LogP contribution in [0.2, 0.25) is 0 Å². The number of hydrogen-bond acceptors (Lipinski definition) is 3. The topological polar surface area (TPSA) is 78.1 Å². The Morgan fingerprint density at radius 3 is 2.74 bits per heavy atom. The fourth-order valence-corrected chi connectivity index (χ4v) is 4.50. The van der Waals surface area contributed by atoms with E-state index in [2.05, 4.69) is 15.5 Å². The maximum Gasteiger partial charge on any atom is 0.254 e. The van der Waals surface area contributed by atoms with Crippen molar-refractivity contribution in [1.29, 1.82) is 0 Å². The van der Waals surface area contributed by atoms with Gasteiger partial charge in [-0.2, -0.15) is 5.10 Å². The summed E-state index contributed by atoms with van der Waals surface area (Å²) in [5, 5.41) is 9.90. The molecule has 1 saturated carbocycles. The van der Waals surface area contributed by atoms with E-state index >= 15 is 0 Å². The average molecular weight is 366 g/mol. The molecule has 2 aromatic rings. The highest BCUT2D eigenvalue weighted by molar-refractivity contribution is 5.99. The van der Waals surface area contributed by atoms with Crippen molar-refractivity contribution in [3.63, 3.8) is 0 Å². The van der Waals surface area contributed by atoms with Gasteiger partial charge in [-0.3, -0.25) is 14.7 Å². The van der Waals surface area contributed by atoms with Crippen LogP contribution in [0.3, 0.4) is 0 Å². The van der Waals surface area contributed by atoms with Crippen LogP contribution in [-0.2, 0) is 17.9 Å². The largest absolute Gasteiger partial charge is 0.352 e. The van der Waals surface area contributed by atoms with Crippen LogP contribution in [0.4, 0.5) is 0 Å². The van der Waals surface area contributed by atoms with Gasteiger partial charge >= 0.3 is 0 Å². The first-order chi connectivity index (χ1) is 13.1. The maximum atomic E-state index is 13.1. The molecule has 2 heterocycles. The Hall–Kier alpha value is -2.63. The first kappa shape index (κ1) is 17.8. The number of nitrogens with zero attached hydrogens (tertiary/aromatic N) is 2. The summed E-state index contributed by atoms with van der Waals surface area (Å²) in [4.78, 5) is 27.8. The van der Waals surface area contributed by atoms with Crippen LogP contribution in [-0.4, -0.2) is 32.5 Å². The van der Waals surface area contributed by atoms with E-state index in [1.807, 2.05) is 36.1 Å². The zero-order valence-electron chi connectivity index (χ0n) is 15.8. The predicted octanol–water partition coefficient (Wildman–Crippen LogP) is 3.08. The lowest BCUT2D eigenvalue weighted by atomic mass is 9.77. The van der Waals surface area contributed by atoms with Gasteiger partial charge in [-0.1, -0.05) is 37.5 Å². The number of hydrogen-bond donors (Lipinski definition) is 2. The zero-order valence-corrected chi connectivity index (χ0v) is 15.8. The van der Waals surface area contributed by atoms with Gasteiger partial charge in [0.2, 0.25) is 5.91 Å². The van der Waals surface area contributed by atoms with Gasteiger partial charge < -0.3 is 10.2 Å². The third-order valence-corrected chi connectivity index (χ3v) is 6.08. The van der Waals surface area contributed by atoms with E-state index in [9.17, 15) is 9.59 Å². The van der Waals surface area contributed by atoms with Crippen LogP contribution in [0.1, 0.15) is 65.7 Å². The van der Waals surface area contributed by atoms with Crippen LogP contribution in [0.5, 0.6) is 0 Å². The number of carbonyl (C=O) groups excluding carboxylic acids is 2. The normalized spacial score (nSPS) is 18.4. The quantitative estimate of drug-likeness (QED) is 0.854. The molecule has 0 unspecified atom stereocenters. The molecular formula is C21H26N4O2. The molecule has 0 spiro atoms. The Morgan fingerprint density at radius 2 is 2.04 bits per heavy atom. The van der Waals surface area contributed by atoms with Crippen molar-refractivity contribution in [3.05, 3.63) is 52.8 Å². The van der Waals surface area contributed by atoms with Crippen LogP contribution in [0, 0.1) is 6.92 Å². The molecule has 2 N–H and O–H groups in total. The number of carbonyl (C=O) groups is 2. The molecule has 27 heavy (non-hydrogen) atoms. The zero-order chi connectivity index (χ0) is 18.9. The van der Waals surface area contributed by atoms with Gasteiger partial charge in [0.25, 0.3) is 5.91 Å². The number of aryl methyl sites for hydroxylation is 1. The van der Waals surface area contributed by atoms with E-state index < -0.39 is 0 Å². The number of amides is 2. The predicted molar refractivity (Wildman–Crippen MR) is 102 cm³/mol. The van der Waals surface area contributed by atoms with E-state index in [0.717, 1.165) is 48.1 Å². The summed E-state index contributed by atoms with van der Waals surface area (Å²) in [5.41, 5.74) is 3.45. The standard InChI is InChI=1S/C21H26N4O2/c1-15-17(13-23-24-15)12-22-19(26)11-21(9-5-2-6-10-21)25-14-16-7-3-4-8-18(16)20(25)27/h3-4,7-8,13H,2,5-6,9-12,14H2,1H3,(H,22,26)(H,23,24). The lowest BCUT2D eigenvalue weighted by Crippen LogP contribution is -2.52. The molecule has 1 aromatic carbocycles. The fraction of sp³-hybridized carbons (Fsp3) is 0.476. The minimum absolute atomic E-state index is 0.00116. The molecule has 4 rings (SSSR count). The van der Waals surface area contributed by atoms with Crippen LogP contribution >= 0.6 is 0 Å². The lowest BCUT2D eigenvalue weighted by Gasteiger charge is -2.44. The summed E-state index contributed by atoms with van der Waals surface area (Å²) < 4.78 is 0. The monoisotopic (exact) mass is 366 g/mol. The second-order valence-corrected chi connectivity index (χ2v) is 7.81. The summed E-state index contributed by atoms with van der Waals surface area (Å²) >= 11 is 0. The van der Waals surface area contributed by atoms with Gasteiger partial charge in [0.05, 0.1) is 11.7 Å². The minimum atomic E-state index is -0.371. The number of aromatic amines is 1. The molecule has 0 radical (unpaired) electrons. The Balaban J connectivity index is 1.50. The minimum Gasteiger partial charge on any atom is -0.352 e. The number of aromatic nitrogens is 2. The fourth-order valence-electron chi connectivity index (χ4n) is 4.50. The Bertz CT molecular complexity index is 851. The van der Waals surface area contributed by atoms with Gasteiger partial charge in [0.15, 0.2) is 0 Å². The van der Waals surface area contributed by atoms with Gasteiger partial charge in [-0.25, -0.2) is 0 Å². The first-order valence-electron chi connectivity index (χ1n) is 9.74. The van der Waals surface area contributed by atoms with Crippen molar-refractivity contribution in [2.75, 3.05) is 0 Å². The van der Waals surface area contributed by atoms with Crippen molar-refractivity contribution in [2.24, 2.45) is 0 Å². The summed E-state index contributed by atoms with van der Waals surface area (Å²) in [7, 11) is 0. The summed E-state index contributed by atoms with van der Waals surface area (Å²) in [5.74, 6) is 0.0761. The molecule has 1 aliphatic heterocycles. The van der Waals surface area contributed by atoms with Crippen molar-refractivity contribution < 1.29 is 9.59 Å². The molecule has 0 saturated heterocycles. The lowest BCUT2D eigenvalue weighted by molar-refractivity contribution is -0.124. The van der Waals surface area contributed by atoms with Crippen molar-refractivity contribution in [1.82, 2.24) is 20.4 Å². The van der Waals surface area contributed by atoms with Crippen LogP contribution in [0.25, 0.3) is 0 Å². The van der Waals surface area contributed by atoms with Gasteiger partial charge in [0.1, 0.15) is 0 Å². The highest BCUT2D eigenvalue weighted by Gasteiger charge is 2.45. The van der Waals surface area contributed by atoms with Crippen molar-refractivity contribution in [2.45, 2.75) is 64.1 Å². The molecular weight excluding hydrogens is 340 g/mol. The molecule has 2 amide bonds. The van der Waals surface area contributed by atoms with Crippen molar-refractivity contribution >= 4 is 11.8 Å². The van der Waals surface area contributed by atoms with Crippen LogP contribution in [0.15, 0.2) is 30.5 Å². The van der Waals surface area contributed by atoms with Gasteiger partial charge in [0, 0.05) is 36.3 Å². The molecule has 142 valence electrons. The second kappa shape index (κ2) is 7.18. The molecule has 1 fully saturated rings. The Labute approximate surface area is 159 Å². The summed E-state index contributed by atoms with van der Waals surface area (Å²) in [6, 6.07) is 7.80. The smallest absolute Gasteiger partial charge is 0.254 e. The number of H-pyrrole nitrogens is 1. The molecule has 0 atom stereocenters. The van der Waals surface area contributed by atoms with E-state index in [4.69, 9.17) is 0 Å². The summed E-state index contributed by atoms with van der Waals surface area (Å²) in [6.45, 7) is 3.02. The maximum absolute atomic E-state index is 13.1. The molecule has 6 nitrogen and oxygen atoms in total. The first-order valence-corrected chi connectivity index (χ1v) is 9.74. The second-order valence-electron chi connectivity index (χ2n) is 7.81. The van der Waals surface area contributed by atoms with Crippen LogP contribution < -0.4 is 5.32 Å². The molecule has 1 aliphatic carbocycles. The molecule has 0 bridgehead atoms. The average Bonchev–Trinajstić information content (AvgIpc) is 3.24. The number of benzene rings is 1. The highest BCUT2D eigenvalue weighted by atomic mass is 16.2. The number of nitrogens with one attached hydrogen (secondary N) is 2. The SMILES string of the molecule is Cc1[nH]ncc1CNC(=O)CC1(N2Cc3ccccc3C2=O)CCCCC1. The van der Waals surface area contributed by atoms with E-state index in [0.29, 0.717) is 19.5 Å². The van der Waals surface area contributed by atoms with E-state index in [1.54, 1.807) is 6.20 Å². The van der Waals surface area contributed by atoms with Gasteiger partial charge in [-0.05, 0) is 31.4 Å². The highest BCUT2D eigenvalue weighted by Crippen LogP contribution is 2.41. The Kier molecular flexibility index (Phi) is 4.72. The molecule has 2 aliphatic rings. The van der Waals surface area contributed by atoms with E-state index in [-0.39, 0.29) is 17.4 Å². The van der Waals surface area contributed by atoms with Gasteiger partial charge in [-0.15, -0.1) is 0 Å². The number of fused-ring (bicyclic) bond motifs is 1. The van der Waals surface area contributed by atoms with Crippen molar-refractivity contribution in [3.8, 4) is 0 Å². The molecule has 6 heteroatoms. The van der Waals surface area contributed by atoms with E-state index in [1.165, 1.54) is 6.42 Å². The molecule has 1 aromatic heterocycles. The Morgan fingerprint density at radius 1 is 1.26 bits per heavy atom.